The van der Waals surface area contributed by atoms with Crippen molar-refractivity contribution >= 4 is 5.57 Å². The Balaban J connectivity index is 1.96. The summed E-state index contributed by atoms with van der Waals surface area (Å²) in [5.41, 5.74) is 6.22. The van der Waals surface area contributed by atoms with Crippen molar-refractivity contribution in [3.8, 4) is 0 Å². The number of hydrogen-bond acceptors (Lipinski definition) is 1. The summed E-state index contributed by atoms with van der Waals surface area (Å²) in [7, 11) is 0. The zero-order chi connectivity index (χ0) is 11.8. The van der Waals surface area contributed by atoms with Gasteiger partial charge >= 0.3 is 0 Å². The molecule has 0 radical (unpaired) electrons. The maximum absolute atomic E-state index is 3.85. The maximum Gasteiger partial charge on any atom is 0.0188 e. The average Bonchev–Trinajstić information content (AvgIpc) is 2.65. The third kappa shape index (κ3) is 1.66. The van der Waals surface area contributed by atoms with Gasteiger partial charge in [-0.3, -0.25) is 4.90 Å². The molecule has 3 rings (SSSR count). The van der Waals surface area contributed by atoms with Crippen molar-refractivity contribution in [2.75, 3.05) is 19.6 Å². The van der Waals surface area contributed by atoms with Crippen LogP contribution in [0.15, 0.2) is 42.5 Å². The van der Waals surface area contributed by atoms with Gasteiger partial charge in [0, 0.05) is 25.6 Å². The molecule has 1 unspecified atom stereocenters. The maximum atomic E-state index is 3.85. The van der Waals surface area contributed by atoms with Crippen molar-refractivity contribution in [3.63, 3.8) is 0 Å². The van der Waals surface area contributed by atoms with E-state index in [0.29, 0.717) is 5.92 Å². The van der Waals surface area contributed by atoms with E-state index in [1.165, 1.54) is 29.7 Å². The van der Waals surface area contributed by atoms with Crippen molar-refractivity contribution in [2.24, 2.45) is 0 Å². The summed E-state index contributed by atoms with van der Waals surface area (Å²) in [5, 5.41) is 0. The summed E-state index contributed by atoms with van der Waals surface area (Å²) in [4.78, 5) is 2.51. The minimum atomic E-state index is 0.639. The Morgan fingerprint density at radius 3 is 3.06 bits per heavy atom. The number of hydrogen-bond donors (Lipinski definition) is 0. The minimum Gasteiger partial charge on any atom is -0.298 e. The fourth-order valence-corrected chi connectivity index (χ4v) is 3.31. The summed E-state index contributed by atoms with van der Waals surface area (Å²) >= 11 is 0. The van der Waals surface area contributed by atoms with Crippen LogP contribution in [0.4, 0.5) is 0 Å². The molecule has 0 bridgehead atoms. The summed E-state index contributed by atoms with van der Waals surface area (Å²) in [6.45, 7) is 9.50. The monoisotopic (exact) mass is 225 g/mol. The smallest absolute Gasteiger partial charge is 0.0188 e. The molecule has 0 N–H and O–H groups in total. The first kappa shape index (κ1) is 10.8. The van der Waals surface area contributed by atoms with E-state index in [9.17, 15) is 0 Å². The van der Waals surface area contributed by atoms with Crippen molar-refractivity contribution < 1.29 is 0 Å². The average molecular weight is 225 g/mol. The lowest BCUT2D eigenvalue weighted by molar-refractivity contribution is 0.266. The molecule has 17 heavy (non-hydrogen) atoms. The molecule has 1 fully saturated rings. The first-order valence-corrected chi connectivity index (χ1v) is 6.43. The summed E-state index contributed by atoms with van der Waals surface area (Å²) in [6.07, 6.45) is 3.24. The minimum absolute atomic E-state index is 0.639. The Labute approximate surface area is 103 Å². The fourth-order valence-electron chi connectivity index (χ4n) is 3.31. The molecule has 1 aromatic rings. The molecule has 88 valence electrons. The molecule has 0 amide bonds. The highest BCUT2D eigenvalue weighted by Gasteiger charge is 2.32. The molecule has 1 aliphatic carbocycles. The molecule has 0 saturated carbocycles. The van der Waals surface area contributed by atoms with Crippen LogP contribution in [0.1, 0.15) is 30.4 Å². The van der Waals surface area contributed by atoms with E-state index >= 15 is 0 Å². The molecular weight excluding hydrogens is 206 g/mol. The number of allylic oxidation sites excluding steroid dienone is 1. The van der Waals surface area contributed by atoms with Crippen molar-refractivity contribution in [1.29, 1.82) is 0 Å². The number of benzene rings is 1. The number of fused-ring (bicyclic) bond motifs is 3. The second-order valence-electron chi connectivity index (χ2n) is 5.09. The van der Waals surface area contributed by atoms with Crippen LogP contribution in [-0.4, -0.2) is 24.5 Å². The van der Waals surface area contributed by atoms with Gasteiger partial charge in [-0.05, 0) is 30.0 Å². The molecule has 2 aliphatic rings. The largest absolute Gasteiger partial charge is 0.298 e. The van der Waals surface area contributed by atoms with Crippen molar-refractivity contribution in [3.05, 3.63) is 53.6 Å². The van der Waals surface area contributed by atoms with Gasteiger partial charge in [0.05, 0.1) is 0 Å². The molecule has 0 aromatic heterocycles. The van der Waals surface area contributed by atoms with E-state index in [2.05, 4.69) is 42.7 Å². The highest BCUT2D eigenvalue weighted by Crippen LogP contribution is 2.45. The van der Waals surface area contributed by atoms with Crippen LogP contribution < -0.4 is 0 Å². The second kappa shape index (κ2) is 4.15. The standard InChI is InChI=1S/C16H19N/c1-3-9-17-10-8-14-12(2)13-6-4-5-7-15(13)16(14)11-17/h3-7,16H,1,8-11H2,2H3. The van der Waals surface area contributed by atoms with Gasteiger partial charge in [-0.25, -0.2) is 0 Å². The second-order valence-corrected chi connectivity index (χ2v) is 5.09. The van der Waals surface area contributed by atoms with Crippen LogP contribution in [0.5, 0.6) is 0 Å². The van der Waals surface area contributed by atoms with Gasteiger partial charge in [0.1, 0.15) is 0 Å². The first-order valence-electron chi connectivity index (χ1n) is 6.43. The Morgan fingerprint density at radius 1 is 1.41 bits per heavy atom. The number of nitrogens with zero attached hydrogens (tertiary/aromatic N) is 1. The quantitative estimate of drug-likeness (QED) is 0.697. The summed E-state index contributed by atoms with van der Waals surface area (Å²) in [5.74, 6) is 0.639. The van der Waals surface area contributed by atoms with Gasteiger partial charge in [-0.15, -0.1) is 6.58 Å². The first-order chi connectivity index (χ1) is 8.31. The van der Waals surface area contributed by atoms with Gasteiger partial charge < -0.3 is 0 Å². The van der Waals surface area contributed by atoms with E-state index in [0.717, 1.165) is 13.1 Å². The normalized spacial score (nSPS) is 23.5. The Morgan fingerprint density at radius 2 is 2.24 bits per heavy atom. The van der Waals surface area contributed by atoms with E-state index in [1.54, 1.807) is 5.57 Å². The summed E-state index contributed by atoms with van der Waals surface area (Å²) < 4.78 is 0. The highest BCUT2D eigenvalue weighted by molar-refractivity contribution is 5.77. The molecule has 1 heteroatoms. The van der Waals surface area contributed by atoms with Gasteiger partial charge in [-0.1, -0.05) is 35.9 Å². The van der Waals surface area contributed by atoms with E-state index in [4.69, 9.17) is 0 Å². The van der Waals surface area contributed by atoms with Gasteiger partial charge in [0.25, 0.3) is 0 Å². The van der Waals surface area contributed by atoms with Crippen LogP contribution in [-0.2, 0) is 0 Å². The van der Waals surface area contributed by atoms with Crippen molar-refractivity contribution in [2.45, 2.75) is 19.3 Å². The Bertz CT molecular complexity index is 484. The third-order valence-corrected chi connectivity index (χ3v) is 4.17. The summed E-state index contributed by atoms with van der Waals surface area (Å²) in [6, 6.07) is 8.89. The van der Waals surface area contributed by atoms with Crippen molar-refractivity contribution in [1.82, 2.24) is 4.90 Å². The number of rotatable bonds is 2. The van der Waals surface area contributed by atoms with Crippen LogP contribution in [0, 0.1) is 0 Å². The molecule has 1 aromatic carbocycles. The van der Waals surface area contributed by atoms with Crippen LogP contribution in [0.3, 0.4) is 0 Å². The predicted octanol–water partition coefficient (Wildman–Crippen LogP) is 3.45. The van der Waals surface area contributed by atoms with Gasteiger partial charge in [0.15, 0.2) is 0 Å². The van der Waals surface area contributed by atoms with E-state index in [1.807, 2.05) is 6.08 Å². The lowest BCUT2D eigenvalue weighted by Gasteiger charge is -2.32. The van der Waals surface area contributed by atoms with Crippen LogP contribution in [0.25, 0.3) is 5.57 Å². The molecule has 1 nitrogen and oxygen atoms in total. The third-order valence-electron chi connectivity index (χ3n) is 4.17. The van der Waals surface area contributed by atoms with Gasteiger partial charge in [0.2, 0.25) is 0 Å². The molecule has 1 saturated heterocycles. The molecule has 1 atom stereocenters. The fraction of sp³-hybridized carbons (Fsp3) is 0.375. The number of likely N-dealkylation sites (tertiary alicyclic amines) is 1. The molecule has 0 spiro atoms. The highest BCUT2D eigenvalue weighted by atomic mass is 15.1. The van der Waals surface area contributed by atoms with Crippen LogP contribution in [0.2, 0.25) is 0 Å². The Hall–Kier alpha value is -1.34. The zero-order valence-electron chi connectivity index (χ0n) is 10.4. The lowest BCUT2D eigenvalue weighted by Crippen LogP contribution is -2.34. The lowest BCUT2D eigenvalue weighted by atomic mass is 9.90. The zero-order valence-corrected chi connectivity index (χ0v) is 10.4. The molecule has 1 aliphatic heterocycles. The van der Waals surface area contributed by atoms with Gasteiger partial charge in [-0.2, -0.15) is 0 Å². The predicted molar refractivity (Wildman–Crippen MR) is 73.0 cm³/mol. The van der Waals surface area contributed by atoms with Crippen LogP contribution >= 0.6 is 0 Å². The SMILES string of the molecule is C=CCN1CCC2=C(C)c3ccccc3C2C1. The number of piperidine rings is 1. The van der Waals surface area contributed by atoms with E-state index < -0.39 is 0 Å². The molecule has 1 heterocycles. The topological polar surface area (TPSA) is 3.24 Å². The molecular formula is C16H19N. The van der Waals surface area contributed by atoms with E-state index in [-0.39, 0.29) is 0 Å². The Kier molecular flexibility index (Phi) is 2.64.